The van der Waals surface area contributed by atoms with Crippen LogP contribution in [-0.4, -0.2) is 19.0 Å². The van der Waals surface area contributed by atoms with E-state index in [0.29, 0.717) is 6.54 Å². The molecule has 16 heavy (non-hydrogen) atoms. The Balaban J connectivity index is 0.00000128. The summed E-state index contributed by atoms with van der Waals surface area (Å²) in [7, 11) is 0. The van der Waals surface area contributed by atoms with Gasteiger partial charge in [-0.15, -0.1) is 24.0 Å². The Labute approximate surface area is 112 Å². The van der Waals surface area contributed by atoms with Crippen molar-refractivity contribution >= 4 is 29.9 Å². The van der Waals surface area contributed by atoms with Gasteiger partial charge in [0.2, 0.25) is 0 Å². The number of halogens is 2. The van der Waals surface area contributed by atoms with Gasteiger partial charge in [0.25, 0.3) is 0 Å². The molecule has 0 aliphatic carbocycles. The maximum Gasteiger partial charge on any atom is 0.191 e. The lowest BCUT2D eigenvalue weighted by atomic mass is 10.2. The van der Waals surface area contributed by atoms with E-state index in [0.717, 1.165) is 31.0 Å². The fourth-order valence-corrected chi connectivity index (χ4v) is 1.48. The van der Waals surface area contributed by atoms with Crippen LogP contribution < -0.4 is 10.6 Å². The second-order valence-corrected chi connectivity index (χ2v) is 3.49. The molecule has 0 spiro atoms. The molecule has 1 aliphatic rings. The maximum absolute atomic E-state index is 12.9. The third kappa shape index (κ3) is 3.96. The van der Waals surface area contributed by atoms with Gasteiger partial charge in [-0.05, 0) is 24.1 Å². The molecule has 5 heteroatoms. The van der Waals surface area contributed by atoms with Gasteiger partial charge < -0.3 is 10.6 Å². The number of guanidine groups is 1. The van der Waals surface area contributed by atoms with Crippen LogP contribution in [0.1, 0.15) is 12.0 Å². The quantitative estimate of drug-likeness (QED) is 0.810. The molecule has 2 rings (SSSR count). The van der Waals surface area contributed by atoms with Crippen LogP contribution in [0.2, 0.25) is 0 Å². The van der Waals surface area contributed by atoms with E-state index in [2.05, 4.69) is 15.6 Å². The van der Waals surface area contributed by atoms with Crippen LogP contribution >= 0.6 is 24.0 Å². The summed E-state index contributed by atoms with van der Waals surface area (Å²) in [5.74, 6) is 0.610. The first kappa shape index (κ1) is 13.2. The third-order valence-electron chi connectivity index (χ3n) is 2.25. The van der Waals surface area contributed by atoms with Gasteiger partial charge in [0.05, 0.1) is 0 Å². The van der Waals surface area contributed by atoms with Crippen molar-refractivity contribution in [3.05, 3.63) is 35.6 Å². The van der Waals surface area contributed by atoms with Crippen LogP contribution in [0, 0.1) is 5.82 Å². The molecule has 0 saturated heterocycles. The van der Waals surface area contributed by atoms with Crippen molar-refractivity contribution in [1.29, 1.82) is 0 Å². The maximum atomic E-state index is 12.9. The van der Waals surface area contributed by atoms with Gasteiger partial charge in [-0.3, -0.25) is 4.99 Å². The van der Waals surface area contributed by atoms with Crippen LogP contribution in [-0.2, 0) is 6.54 Å². The van der Waals surface area contributed by atoms with Gasteiger partial charge in [0, 0.05) is 19.6 Å². The average molecular weight is 335 g/mol. The predicted octanol–water partition coefficient (Wildman–Crippen LogP) is 1.88. The zero-order chi connectivity index (χ0) is 10.5. The number of rotatable bonds is 2. The fraction of sp³-hybridized carbons (Fsp3) is 0.364. The van der Waals surface area contributed by atoms with Crippen molar-refractivity contribution in [2.45, 2.75) is 13.0 Å². The lowest BCUT2D eigenvalue weighted by Gasteiger charge is -2.15. The summed E-state index contributed by atoms with van der Waals surface area (Å²) in [5.41, 5.74) is 0.921. The summed E-state index contributed by atoms with van der Waals surface area (Å²) in [6, 6.07) is 6.57. The highest BCUT2D eigenvalue weighted by Gasteiger charge is 2.02. The number of hydrogen-bond acceptors (Lipinski definition) is 3. The summed E-state index contributed by atoms with van der Waals surface area (Å²) in [6.45, 7) is 2.41. The highest BCUT2D eigenvalue weighted by atomic mass is 127. The second kappa shape index (κ2) is 6.67. The first-order valence-electron chi connectivity index (χ1n) is 5.11. The van der Waals surface area contributed by atoms with Crippen LogP contribution in [0.15, 0.2) is 29.3 Å². The monoisotopic (exact) mass is 335 g/mol. The molecule has 0 radical (unpaired) electrons. The van der Waals surface area contributed by atoms with Crippen LogP contribution in [0.25, 0.3) is 0 Å². The molecular weight excluding hydrogens is 320 g/mol. The molecule has 1 heterocycles. The highest BCUT2D eigenvalue weighted by Crippen LogP contribution is 2.02. The minimum absolute atomic E-state index is 0. The van der Waals surface area contributed by atoms with E-state index in [1.54, 1.807) is 6.07 Å². The molecule has 0 aromatic heterocycles. The van der Waals surface area contributed by atoms with Crippen molar-refractivity contribution in [2.75, 3.05) is 13.1 Å². The topological polar surface area (TPSA) is 36.4 Å². The molecule has 3 nitrogen and oxygen atoms in total. The van der Waals surface area contributed by atoms with E-state index in [4.69, 9.17) is 0 Å². The number of hydrogen-bond donors (Lipinski definition) is 2. The minimum atomic E-state index is -0.201. The van der Waals surface area contributed by atoms with Crippen LogP contribution in [0.3, 0.4) is 0 Å². The van der Waals surface area contributed by atoms with Crippen molar-refractivity contribution < 1.29 is 4.39 Å². The van der Waals surface area contributed by atoms with Crippen LogP contribution in [0.5, 0.6) is 0 Å². The van der Waals surface area contributed by atoms with Gasteiger partial charge in [-0.2, -0.15) is 0 Å². The standard InChI is InChI=1S/C11H14FN3.HI/c12-10-4-1-3-9(7-10)8-15-11-13-5-2-6-14-11;/h1,3-4,7H,2,5-6,8H2,(H2,13,14,15);1H. The van der Waals surface area contributed by atoms with Crippen molar-refractivity contribution in [1.82, 2.24) is 10.6 Å². The first-order valence-corrected chi connectivity index (χ1v) is 5.11. The van der Waals surface area contributed by atoms with E-state index in [1.807, 2.05) is 6.07 Å². The molecule has 0 bridgehead atoms. The number of aliphatic imine (C=N–C) groups is 1. The summed E-state index contributed by atoms with van der Waals surface area (Å²) < 4.78 is 12.9. The summed E-state index contributed by atoms with van der Waals surface area (Å²) in [5, 5.41) is 6.29. The van der Waals surface area contributed by atoms with Gasteiger partial charge >= 0.3 is 0 Å². The van der Waals surface area contributed by atoms with Crippen molar-refractivity contribution in [2.24, 2.45) is 4.99 Å². The van der Waals surface area contributed by atoms with E-state index in [-0.39, 0.29) is 29.8 Å². The van der Waals surface area contributed by atoms with Gasteiger partial charge in [-0.25, -0.2) is 4.39 Å². The van der Waals surface area contributed by atoms with E-state index >= 15 is 0 Å². The molecule has 2 N–H and O–H groups in total. The Morgan fingerprint density at radius 1 is 1.44 bits per heavy atom. The smallest absolute Gasteiger partial charge is 0.191 e. The van der Waals surface area contributed by atoms with Crippen molar-refractivity contribution in [3.63, 3.8) is 0 Å². The lowest BCUT2D eigenvalue weighted by molar-refractivity contribution is 0.624. The summed E-state index contributed by atoms with van der Waals surface area (Å²) >= 11 is 0. The molecule has 1 aliphatic heterocycles. The molecule has 0 unspecified atom stereocenters. The molecule has 88 valence electrons. The molecule has 0 fully saturated rings. The van der Waals surface area contributed by atoms with E-state index in [1.165, 1.54) is 12.1 Å². The molecule has 0 atom stereocenters. The second-order valence-electron chi connectivity index (χ2n) is 3.49. The van der Waals surface area contributed by atoms with Gasteiger partial charge in [0.15, 0.2) is 5.96 Å². The van der Waals surface area contributed by atoms with E-state index < -0.39 is 0 Å². The third-order valence-corrected chi connectivity index (χ3v) is 2.25. The fourth-order valence-electron chi connectivity index (χ4n) is 1.48. The Kier molecular flexibility index (Phi) is 5.51. The number of benzene rings is 1. The Hall–Kier alpha value is -0.850. The molecule has 0 saturated carbocycles. The molecule has 0 amide bonds. The lowest BCUT2D eigenvalue weighted by Crippen LogP contribution is -2.40. The largest absolute Gasteiger partial charge is 0.356 e. The van der Waals surface area contributed by atoms with Gasteiger partial charge in [0.1, 0.15) is 5.82 Å². The summed E-state index contributed by atoms with van der Waals surface area (Å²) in [6.07, 6.45) is 1.07. The first-order chi connectivity index (χ1) is 7.34. The van der Waals surface area contributed by atoms with E-state index in [9.17, 15) is 4.39 Å². The Morgan fingerprint density at radius 3 is 3.00 bits per heavy atom. The molecular formula is C11H15FIN3. The molecule has 1 aromatic rings. The number of nitrogens with one attached hydrogen (secondary N) is 2. The average Bonchev–Trinajstić information content (AvgIpc) is 2.28. The zero-order valence-electron chi connectivity index (χ0n) is 8.87. The zero-order valence-corrected chi connectivity index (χ0v) is 11.2. The predicted molar refractivity (Wildman–Crippen MR) is 73.6 cm³/mol. The minimum Gasteiger partial charge on any atom is -0.356 e. The summed E-state index contributed by atoms with van der Waals surface area (Å²) in [4.78, 5) is 4.27. The van der Waals surface area contributed by atoms with Crippen molar-refractivity contribution in [3.8, 4) is 0 Å². The van der Waals surface area contributed by atoms with Gasteiger partial charge in [-0.1, -0.05) is 12.1 Å². The SMILES string of the molecule is Fc1cccc(CNC2=NCCCN2)c1.I. The molecule has 1 aromatic carbocycles. The Morgan fingerprint density at radius 2 is 2.31 bits per heavy atom. The highest BCUT2D eigenvalue weighted by molar-refractivity contribution is 14.0. The number of nitrogens with zero attached hydrogens (tertiary/aromatic N) is 1. The van der Waals surface area contributed by atoms with Crippen LogP contribution in [0.4, 0.5) is 4.39 Å². The normalized spacial score (nSPS) is 14.4. The Bertz CT molecular complexity index is 368.